The number of hydrogen-bond donors (Lipinski definition) is 2. The van der Waals surface area contributed by atoms with Crippen LogP contribution in [0.25, 0.3) is 0 Å². The molecule has 82 valence electrons. The highest BCUT2D eigenvalue weighted by molar-refractivity contribution is 5.69. The average molecular weight is 208 g/mol. The van der Waals surface area contributed by atoms with Crippen LogP contribution < -0.4 is 5.32 Å². The summed E-state index contributed by atoms with van der Waals surface area (Å²) in [5.41, 5.74) is 1.06. The van der Waals surface area contributed by atoms with Gasteiger partial charge in [0.05, 0.1) is 5.92 Å². The summed E-state index contributed by atoms with van der Waals surface area (Å²) in [6.07, 6.45) is 3.50. The molecule has 15 heavy (non-hydrogen) atoms. The highest BCUT2D eigenvalue weighted by Gasteiger charge is 2.12. The van der Waals surface area contributed by atoms with Crippen molar-refractivity contribution in [3.05, 3.63) is 30.1 Å². The van der Waals surface area contributed by atoms with Gasteiger partial charge >= 0.3 is 5.97 Å². The Morgan fingerprint density at radius 3 is 2.87 bits per heavy atom. The molecular weight excluding hydrogens is 192 g/mol. The second kappa shape index (κ2) is 5.46. The molecule has 0 radical (unpaired) electrons. The monoisotopic (exact) mass is 208 g/mol. The Labute approximate surface area is 89.3 Å². The molecule has 0 fully saturated rings. The zero-order valence-electron chi connectivity index (χ0n) is 8.97. The molecule has 2 N–H and O–H groups in total. The summed E-state index contributed by atoms with van der Waals surface area (Å²) in [6.45, 7) is 4.14. The minimum Gasteiger partial charge on any atom is -0.481 e. The van der Waals surface area contributed by atoms with Crippen molar-refractivity contribution in [1.29, 1.82) is 0 Å². The van der Waals surface area contributed by atoms with Gasteiger partial charge in [0.25, 0.3) is 0 Å². The van der Waals surface area contributed by atoms with Crippen LogP contribution in [0.15, 0.2) is 24.5 Å². The Hall–Kier alpha value is -1.42. The summed E-state index contributed by atoms with van der Waals surface area (Å²) < 4.78 is 0. The van der Waals surface area contributed by atoms with Gasteiger partial charge in [-0.3, -0.25) is 9.78 Å². The lowest BCUT2D eigenvalue weighted by Gasteiger charge is -2.15. The number of nitrogens with one attached hydrogen (secondary N) is 1. The van der Waals surface area contributed by atoms with Crippen molar-refractivity contribution in [3.8, 4) is 0 Å². The fourth-order valence-corrected chi connectivity index (χ4v) is 1.19. The lowest BCUT2D eigenvalue weighted by molar-refractivity contribution is -0.140. The molecule has 0 saturated heterocycles. The van der Waals surface area contributed by atoms with E-state index in [1.54, 1.807) is 19.3 Å². The highest BCUT2D eigenvalue weighted by atomic mass is 16.4. The predicted octanol–water partition coefficient (Wildman–Crippen LogP) is 1.45. The van der Waals surface area contributed by atoms with Crippen molar-refractivity contribution in [1.82, 2.24) is 10.3 Å². The standard InChI is InChI=1S/C11H16N2O2/c1-8(11(14)15)6-13-9(2)10-4-3-5-12-7-10/h3-5,7-9,13H,6H2,1-2H3,(H,14,15)/t8?,9-/m1/s1. The van der Waals surface area contributed by atoms with Gasteiger partial charge in [-0.2, -0.15) is 0 Å². The summed E-state index contributed by atoms with van der Waals surface area (Å²) in [5, 5.41) is 11.9. The van der Waals surface area contributed by atoms with Gasteiger partial charge in [0.15, 0.2) is 0 Å². The molecule has 0 aliphatic heterocycles. The fourth-order valence-electron chi connectivity index (χ4n) is 1.19. The topological polar surface area (TPSA) is 62.2 Å². The molecule has 1 rings (SSSR count). The number of nitrogens with zero attached hydrogens (tertiary/aromatic N) is 1. The molecule has 1 heterocycles. The van der Waals surface area contributed by atoms with Gasteiger partial charge in [0.2, 0.25) is 0 Å². The van der Waals surface area contributed by atoms with Gasteiger partial charge < -0.3 is 10.4 Å². The first-order valence-electron chi connectivity index (χ1n) is 4.97. The molecule has 0 aliphatic rings. The summed E-state index contributed by atoms with van der Waals surface area (Å²) in [7, 11) is 0. The molecule has 0 aromatic carbocycles. The van der Waals surface area contributed by atoms with Crippen LogP contribution in [0.1, 0.15) is 25.5 Å². The van der Waals surface area contributed by atoms with Gasteiger partial charge in [-0.05, 0) is 18.6 Å². The molecule has 4 nitrogen and oxygen atoms in total. The molecule has 1 aromatic rings. The van der Waals surface area contributed by atoms with Gasteiger partial charge in [-0.1, -0.05) is 13.0 Å². The zero-order valence-corrected chi connectivity index (χ0v) is 8.97. The van der Waals surface area contributed by atoms with Gasteiger partial charge in [-0.15, -0.1) is 0 Å². The number of carboxylic acids is 1. The highest BCUT2D eigenvalue weighted by Crippen LogP contribution is 2.10. The van der Waals surface area contributed by atoms with Crippen LogP contribution in [0, 0.1) is 5.92 Å². The second-order valence-electron chi connectivity index (χ2n) is 3.66. The molecule has 0 amide bonds. The smallest absolute Gasteiger partial charge is 0.307 e. The number of aromatic nitrogens is 1. The van der Waals surface area contributed by atoms with Crippen LogP contribution in [-0.2, 0) is 4.79 Å². The maximum atomic E-state index is 10.6. The Morgan fingerprint density at radius 1 is 1.60 bits per heavy atom. The maximum absolute atomic E-state index is 10.6. The van der Waals surface area contributed by atoms with Gasteiger partial charge in [0.1, 0.15) is 0 Å². The van der Waals surface area contributed by atoms with Gasteiger partial charge in [0, 0.05) is 25.0 Å². The number of carboxylic acid groups (broad SMARTS) is 1. The Bertz CT molecular complexity index is 314. The normalized spacial score (nSPS) is 14.5. The van der Waals surface area contributed by atoms with Crippen LogP contribution in [0.2, 0.25) is 0 Å². The second-order valence-corrected chi connectivity index (χ2v) is 3.66. The molecule has 1 unspecified atom stereocenters. The quantitative estimate of drug-likeness (QED) is 0.768. The summed E-state index contributed by atoms with van der Waals surface area (Å²) in [5.74, 6) is -1.15. The minimum atomic E-state index is -0.777. The summed E-state index contributed by atoms with van der Waals surface area (Å²) in [4.78, 5) is 14.6. The largest absolute Gasteiger partial charge is 0.481 e. The van der Waals surface area contributed by atoms with Crippen molar-refractivity contribution in [2.45, 2.75) is 19.9 Å². The number of aliphatic carboxylic acids is 1. The van der Waals surface area contributed by atoms with E-state index in [1.807, 2.05) is 19.1 Å². The van der Waals surface area contributed by atoms with E-state index >= 15 is 0 Å². The first-order valence-corrected chi connectivity index (χ1v) is 4.97. The number of pyridine rings is 1. The molecule has 0 saturated carbocycles. The number of carbonyl (C=O) groups is 1. The Kier molecular flexibility index (Phi) is 4.24. The van der Waals surface area contributed by atoms with E-state index in [9.17, 15) is 4.79 Å². The molecule has 4 heteroatoms. The average Bonchev–Trinajstić information content (AvgIpc) is 2.26. The van der Waals surface area contributed by atoms with E-state index < -0.39 is 5.97 Å². The third-order valence-corrected chi connectivity index (χ3v) is 2.34. The predicted molar refractivity (Wildman–Crippen MR) is 57.5 cm³/mol. The first kappa shape index (κ1) is 11.7. The molecule has 1 aromatic heterocycles. The van der Waals surface area contributed by atoms with Crippen molar-refractivity contribution in [3.63, 3.8) is 0 Å². The molecule has 0 aliphatic carbocycles. The SMILES string of the molecule is CC(CN[C@H](C)c1cccnc1)C(=O)O. The van der Waals surface area contributed by atoms with E-state index in [4.69, 9.17) is 5.11 Å². The lowest BCUT2D eigenvalue weighted by atomic mass is 10.1. The van der Waals surface area contributed by atoms with Crippen LogP contribution in [-0.4, -0.2) is 22.6 Å². The minimum absolute atomic E-state index is 0.125. The zero-order chi connectivity index (χ0) is 11.3. The van der Waals surface area contributed by atoms with Crippen LogP contribution in [0.5, 0.6) is 0 Å². The molecule has 2 atom stereocenters. The van der Waals surface area contributed by atoms with Crippen molar-refractivity contribution >= 4 is 5.97 Å². The first-order chi connectivity index (χ1) is 7.11. The van der Waals surface area contributed by atoms with Crippen molar-refractivity contribution in [2.24, 2.45) is 5.92 Å². The van der Waals surface area contributed by atoms with Crippen LogP contribution in [0.4, 0.5) is 0 Å². The van der Waals surface area contributed by atoms with Crippen molar-refractivity contribution in [2.75, 3.05) is 6.54 Å². The van der Waals surface area contributed by atoms with Crippen LogP contribution in [0.3, 0.4) is 0 Å². The van der Waals surface area contributed by atoms with Gasteiger partial charge in [-0.25, -0.2) is 0 Å². The lowest BCUT2D eigenvalue weighted by Crippen LogP contribution is -2.28. The third-order valence-electron chi connectivity index (χ3n) is 2.34. The Balaban J connectivity index is 2.43. The van der Waals surface area contributed by atoms with E-state index in [-0.39, 0.29) is 12.0 Å². The fraction of sp³-hybridized carbons (Fsp3) is 0.455. The number of hydrogen-bond acceptors (Lipinski definition) is 3. The summed E-state index contributed by atoms with van der Waals surface area (Å²) >= 11 is 0. The number of rotatable bonds is 5. The van der Waals surface area contributed by atoms with E-state index in [0.717, 1.165) is 5.56 Å². The molecular formula is C11H16N2O2. The molecule has 0 bridgehead atoms. The third kappa shape index (κ3) is 3.67. The maximum Gasteiger partial charge on any atom is 0.307 e. The van der Waals surface area contributed by atoms with E-state index in [1.165, 1.54) is 0 Å². The molecule has 0 spiro atoms. The van der Waals surface area contributed by atoms with E-state index in [0.29, 0.717) is 6.54 Å². The summed E-state index contributed by atoms with van der Waals surface area (Å²) in [6, 6.07) is 3.96. The van der Waals surface area contributed by atoms with Crippen LogP contribution >= 0.6 is 0 Å². The van der Waals surface area contributed by atoms with E-state index in [2.05, 4.69) is 10.3 Å². The van der Waals surface area contributed by atoms with Crippen molar-refractivity contribution < 1.29 is 9.90 Å². The Morgan fingerprint density at radius 2 is 2.33 bits per heavy atom.